The van der Waals surface area contributed by atoms with Gasteiger partial charge in [0.25, 0.3) is 0 Å². The van der Waals surface area contributed by atoms with Crippen LogP contribution in [-0.2, 0) is 0 Å². The molecule has 0 heterocycles. The minimum absolute atomic E-state index is 0.421. The molecule has 20 heavy (non-hydrogen) atoms. The van der Waals surface area contributed by atoms with Gasteiger partial charge in [-0.2, -0.15) is 0 Å². The molecule has 0 saturated heterocycles. The van der Waals surface area contributed by atoms with Gasteiger partial charge in [0, 0.05) is 19.1 Å². The van der Waals surface area contributed by atoms with Crippen LogP contribution in [0.5, 0.6) is 0 Å². The Kier molecular flexibility index (Phi) is 7.25. The van der Waals surface area contributed by atoms with Crippen LogP contribution in [0.25, 0.3) is 0 Å². The third-order valence-electron chi connectivity index (χ3n) is 3.63. The van der Waals surface area contributed by atoms with E-state index in [-0.39, 0.29) is 0 Å². The van der Waals surface area contributed by atoms with Crippen molar-refractivity contribution >= 4 is 0 Å². The van der Waals surface area contributed by atoms with E-state index in [2.05, 4.69) is 76.1 Å². The fourth-order valence-corrected chi connectivity index (χ4v) is 2.66. The second kappa shape index (κ2) is 8.43. The zero-order valence-corrected chi connectivity index (χ0v) is 14.1. The molecule has 1 N–H and O–H groups in total. The summed E-state index contributed by atoms with van der Waals surface area (Å²) in [5, 5.41) is 3.61. The van der Waals surface area contributed by atoms with E-state index in [4.69, 9.17) is 0 Å². The topological polar surface area (TPSA) is 15.3 Å². The van der Waals surface area contributed by atoms with E-state index < -0.39 is 0 Å². The number of hydrogen-bond donors (Lipinski definition) is 1. The maximum Gasteiger partial charge on any atom is 0.0449 e. The van der Waals surface area contributed by atoms with E-state index in [0.29, 0.717) is 17.9 Å². The van der Waals surface area contributed by atoms with Gasteiger partial charge in [0.2, 0.25) is 0 Å². The lowest BCUT2D eigenvalue weighted by Gasteiger charge is -2.26. The Bertz CT molecular complexity index is 368. The molecule has 114 valence electrons. The Balaban J connectivity index is 2.74. The van der Waals surface area contributed by atoms with Gasteiger partial charge in [0.1, 0.15) is 0 Å². The van der Waals surface area contributed by atoms with Crippen LogP contribution in [0.4, 0.5) is 0 Å². The number of hydrogen-bond acceptors (Lipinski definition) is 2. The quantitative estimate of drug-likeness (QED) is 0.770. The molecular formula is C18H32N2. The second-order valence-electron chi connectivity index (χ2n) is 6.55. The Morgan fingerprint density at radius 2 is 1.50 bits per heavy atom. The highest BCUT2D eigenvalue weighted by Gasteiger charge is 2.14. The number of likely N-dealkylation sites (N-methyl/N-ethyl adjacent to an activating group) is 2. The highest BCUT2D eigenvalue weighted by Crippen LogP contribution is 2.19. The summed E-state index contributed by atoms with van der Waals surface area (Å²) < 4.78 is 0. The van der Waals surface area contributed by atoms with Gasteiger partial charge < -0.3 is 10.2 Å². The van der Waals surface area contributed by atoms with Crippen LogP contribution in [0.2, 0.25) is 0 Å². The van der Waals surface area contributed by atoms with E-state index >= 15 is 0 Å². The van der Waals surface area contributed by atoms with Crippen LogP contribution in [0, 0.1) is 5.92 Å². The molecule has 0 fully saturated rings. The first-order chi connectivity index (χ1) is 9.43. The van der Waals surface area contributed by atoms with E-state index in [0.717, 1.165) is 19.6 Å². The highest BCUT2D eigenvalue weighted by atomic mass is 15.1. The smallest absolute Gasteiger partial charge is 0.0449 e. The molecule has 1 aromatic rings. The zero-order valence-electron chi connectivity index (χ0n) is 14.1. The van der Waals surface area contributed by atoms with Crippen molar-refractivity contribution in [3.8, 4) is 0 Å². The Morgan fingerprint density at radius 3 is 1.95 bits per heavy atom. The summed E-state index contributed by atoms with van der Waals surface area (Å²) in [6.45, 7) is 14.4. The van der Waals surface area contributed by atoms with Crippen LogP contribution in [0.15, 0.2) is 24.3 Å². The molecule has 0 aliphatic carbocycles. The van der Waals surface area contributed by atoms with Crippen molar-refractivity contribution in [2.45, 2.75) is 46.6 Å². The number of rotatable bonds is 8. The van der Waals surface area contributed by atoms with Crippen molar-refractivity contribution in [1.29, 1.82) is 0 Å². The summed E-state index contributed by atoms with van der Waals surface area (Å²) >= 11 is 0. The first-order valence-electron chi connectivity index (χ1n) is 7.95. The van der Waals surface area contributed by atoms with Crippen molar-refractivity contribution in [3.63, 3.8) is 0 Å². The van der Waals surface area contributed by atoms with Crippen LogP contribution < -0.4 is 5.32 Å². The lowest BCUT2D eigenvalue weighted by atomic mass is 9.98. The van der Waals surface area contributed by atoms with Gasteiger partial charge in [0.05, 0.1) is 0 Å². The van der Waals surface area contributed by atoms with Gasteiger partial charge in [-0.1, -0.05) is 58.9 Å². The van der Waals surface area contributed by atoms with Crippen molar-refractivity contribution in [3.05, 3.63) is 35.4 Å². The molecular weight excluding hydrogens is 244 g/mol. The molecule has 1 unspecified atom stereocenters. The zero-order chi connectivity index (χ0) is 15.1. The predicted molar refractivity (Wildman–Crippen MR) is 89.3 cm³/mol. The number of nitrogens with zero attached hydrogens (tertiary/aromatic N) is 1. The van der Waals surface area contributed by atoms with Gasteiger partial charge in [-0.05, 0) is 36.6 Å². The van der Waals surface area contributed by atoms with Gasteiger partial charge in [-0.15, -0.1) is 0 Å². The average molecular weight is 276 g/mol. The lowest BCUT2D eigenvalue weighted by molar-refractivity contribution is 0.263. The maximum atomic E-state index is 3.61. The molecule has 0 bridgehead atoms. The van der Waals surface area contributed by atoms with Gasteiger partial charge >= 0.3 is 0 Å². The highest BCUT2D eigenvalue weighted by molar-refractivity contribution is 5.27. The van der Waals surface area contributed by atoms with E-state index in [9.17, 15) is 0 Å². The molecule has 0 aliphatic rings. The predicted octanol–water partition coefficient (Wildman–Crippen LogP) is 4.05. The van der Waals surface area contributed by atoms with Gasteiger partial charge in [-0.25, -0.2) is 0 Å². The third-order valence-corrected chi connectivity index (χ3v) is 3.63. The summed E-state index contributed by atoms with van der Waals surface area (Å²) in [4.78, 5) is 2.42. The van der Waals surface area contributed by atoms with E-state index in [1.165, 1.54) is 11.1 Å². The molecule has 0 amide bonds. The molecule has 1 rings (SSSR count). The molecule has 2 heteroatoms. The minimum atomic E-state index is 0.421. The van der Waals surface area contributed by atoms with Gasteiger partial charge in [-0.3, -0.25) is 0 Å². The summed E-state index contributed by atoms with van der Waals surface area (Å²) in [7, 11) is 2.22. The molecule has 1 aromatic carbocycles. The third kappa shape index (κ3) is 5.64. The average Bonchev–Trinajstić information content (AvgIpc) is 2.37. The molecule has 0 spiro atoms. The monoisotopic (exact) mass is 276 g/mol. The summed E-state index contributed by atoms with van der Waals surface area (Å²) in [5.41, 5.74) is 2.81. The molecule has 1 atom stereocenters. The Morgan fingerprint density at radius 1 is 0.950 bits per heavy atom. The molecule has 0 aliphatic heterocycles. The van der Waals surface area contributed by atoms with Crippen LogP contribution in [0.1, 0.15) is 57.7 Å². The standard InChI is InChI=1S/C18H32N2/c1-7-19-18(13-20(6)12-14(2)3)17-10-8-16(9-11-17)15(4)5/h8-11,14-15,18-19H,7,12-13H2,1-6H3. The maximum absolute atomic E-state index is 3.61. The van der Waals surface area contributed by atoms with E-state index in [1.54, 1.807) is 0 Å². The molecule has 2 nitrogen and oxygen atoms in total. The first kappa shape index (κ1) is 17.2. The van der Waals surface area contributed by atoms with Crippen molar-refractivity contribution in [2.75, 3.05) is 26.7 Å². The van der Waals surface area contributed by atoms with E-state index in [1.807, 2.05) is 0 Å². The molecule has 0 radical (unpaired) electrons. The number of benzene rings is 1. The van der Waals surface area contributed by atoms with Crippen molar-refractivity contribution < 1.29 is 0 Å². The fraction of sp³-hybridized carbons (Fsp3) is 0.667. The summed E-state index contributed by atoms with van der Waals surface area (Å²) in [6, 6.07) is 9.53. The van der Waals surface area contributed by atoms with Crippen LogP contribution in [-0.4, -0.2) is 31.6 Å². The number of nitrogens with one attached hydrogen (secondary N) is 1. The second-order valence-corrected chi connectivity index (χ2v) is 6.55. The normalized spacial score (nSPS) is 13.4. The lowest BCUT2D eigenvalue weighted by Crippen LogP contribution is -2.34. The van der Waals surface area contributed by atoms with Crippen molar-refractivity contribution in [2.24, 2.45) is 5.92 Å². The van der Waals surface area contributed by atoms with Crippen LogP contribution >= 0.6 is 0 Å². The molecule has 0 aromatic heterocycles. The Hall–Kier alpha value is -0.860. The van der Waals surface area contributed by atoms with Crippen molar-refractivity contribution in [1.82, 2.24) is 10.2 Å². The Labute approximate surface area is 125 Å². The van der Waals surface area contributed by atoms with Gasteiger partial charge in [0.15, 0.2) is 0 Å². The largest absolute Gasteiger partial charge is 0.309 e. The SMILES string of the molecule is CCNC(CN(C)CC(C)C)c1ccc(C(C)C)cc1. The first-order valence-corrected chi connectivity index (χ1v) is 7.95. The summed E-state index contributed by atoms with van der Waals surface area (Å²) in [6.07, 6.45) is 0. The fourth-order valence-electron chi connectivity index (χ4n) is 2.66. The molecule has 0 saturated carbocycles. The van der Waals surface area contributed by atoms with Crippen LogP contribution in [0.3, 0.4) is 0 Å². The summed E-state index contributed by atoms with van der Waals surface area (Å²) in [5.74, 6) is 1.32. The minimum Gasteiger partial charge on any atom is -0.309 e.